The Labute approximate surface area is 225 Å². The van der Waals surface area contributed by atoms with Gasteiger partial charge in [-0.2, -0.15) is 0 Å². The van der Waals surface area contributed by atoms with E-state index in [1.54, 1.807) is 0 Å². The first-order chi connectivity index (χ1) is 18.7. The van der Waals surface area contributed by atoms with E-state index < -0.39 is 0 Å². The number of fused-ring (bicyclic) bond motifs is 2. The lowest BCUT2D eigenvalue weighted by Gasteiger charge is -2.34. The van der Waals surface area contributed by atoms with Gasteiger partial charge in [-0.05, 0) is 74.6 Å². The number of hydrogen-bond donors (Lipinski definition) is 2. The smallest absolute Gasteiger partial charge is 0.138 e. The summed E-state index contributed by atoms with van der Waals surface area (Å²) < 4.78 is 5.55. The van der Waals surface area contributed by atoms with E-state index in [0.717, 1.165) is 76.8 Å². The summed E-state index contributed by atoms with van der Waals surface area (Å²) >= 11 is 0. The maximum absolute atomic E-state index is 5.55. The Morgan fingerprint density at radius 1 is 0.711 bits per heavy atom. The number of imidazole rings is 2. The van der Waals surface area contributed by atoms with E-state index in [1.165, 1.54) is 5.69 Å². The number of aromatic amines is 2. The molecule has 0 bridgehead atoms. The highest BCUT2D eigenvalue weighted by molar-refractivity contribution is 5.87. The molecule has 1 fully saturated rings. The summed E-state index contributed by atoms with van der Waals surface area (Å²) in [6.07, 6.45) is 0. The first-order valence-corrected chi connectivity index (χ1v) is 13.8. The molecule has 1 aliphatic heterocycles. The van der Waals surface area contributed by atoms with Gasteiger partial charge in [0.05, 0.1) is 28.7 Å². The van der Waals surface area contributed by atoms with Crippen LogP contribution in [0.25, 0.3) is 44.8 Å². The molecular formula is C31H40N6O. The second kappa shape index (κ2) is 12.6. The molecule has 0 amide bonds. The predicted molar refractivity (Wildman–Crippen MR) is 160 cm³/mol. The van der Waals surface area contributed by atoms with Gasteiger partial charge in [0.2, 0.25) is 0 Å². The lowest BCUT2D eigenvalue weighted by molar-refractivity contribution is 0.313. The normalized spacial score (nSPS) is 13.6. The summed E-state index contributed by atoms with van der Waals surface area (Å²) in [5, 5.41) is 0. The number of ether oxygens (including phenoxy) is 1. The molecule has 7 heteroatoms. The molecule has 3 heterocycles. The molecule has 1 aliphatic rings. The molecule has 1 saturated heterocycles. The summed E-state index contributed by atoms with van der Waals surface area (Å²) in [4.78, 5) is 21.4. The largest absolute Gasteiger partial charge is 0.494 e. The number of rotatable bonds is 5. The van der Waals surface area contributed by atoms with Crippen molar-refractivity contribution in [1.29, 1.82) is 0 Å². The van der Waals surface area contributed by atoms with Crippen molar-refractivity contribution < 1.29 is 4.74 Å². The van der Waals surface area contributed by atoms with Crippen LogP contribution in [-0.4, -0.2) is 64.7 Å². The van der Waals surface area contributed by atoms with Crippen LogP contribution < -0.4 is 9.64 Å². The highest BCUT2D eigenvalue weighted by Crippen LogP contribution is 2.28. The average Bonchev–Trinajstić information content (AvgIpc) is 3.60. The third kappa shape index (κ3) is 5.83. The second-order valence-electron chi connectivity index (χ2n) is 8.85. The van der Waals surface area contributed by atoms with Gasteiger partial charge in [0.15, 0.2) is 0 Å². The van der Waals surface area contributed by atoms with Crippen molar-refractivity contribution in [2.75, 3.05) is 44.7 Å². The predicted octanol–water partition coefficient (Wildman–Crippen LogP) is 6.98. The SMILES string of the molecule is CC.CC.CCOc1ccc(-c2nc3ccc(-c4nc5ccc(N6CCN(C)CC6)cc5[nH]4)cc3[nH]2)cc1. The fraction of sp³-hybridized carbons (Fsp3) is 0.355. The number of anilines is 1. The van der Waals surface area contributed by atoms with Crippen molar-refractivity contribution in [3.63, 3.8) is 0 Å². The van der Waals surface area contributed by atoms with Gasteiger partial charge in [0.1, 0.15) is 17.4 Å². The van der Waals surface area contributed by atoms with E-state index in [4.69, 9.17) is 14.7 Å². The van der Waals surface area contributed by atoms with Crippen molar-refractivity contribution in [2.24, 2.45) is 0 Å². The van der Waals surface area contributed by atoms with E-state index in [0.29, 0.717) is 6.61 Å². The molecular weight excluding hydrogens is 472 g/mol. The Balaban J connectivity index is 0.000000804. The maximum atomic E-state index is 5.55. The highest BCUT2D eigenvalue weighted by atomic mass is 16.5. The Hall–Kier alpha value is -3.84. The van der Waals surface area contributed by atoms with E-state index in [9.17, 15) is 0 Å². The Bertz CT molecular complexity index is 1440. The second-order valence-corrected chi connectivity index (χ2v) is 8.85. The number of likely N-dealkylation sites (N-methyl/N-ethyl adjacent to an activating group) is 1. The summed E-state index contributed by atoms with van der Waals surface area (Å²) in [6.45, 7) is 14.9. The van der Waals surface area contributed by atoms with Crippen LogP contribution in [0.5, 0.6) is 5.75 Å². The van der Waals surface area contributed by atoms with Crippen LogP contribution in [0.15, 0.2) is 60.7 Å². The molecule has 5 aromatic rings. The van der Waals surface area contributed by atoms with Crippen molar-refractivity contribution in [1.82, 2.24) is 24.8 Å². The molecule has 200 valence electrons. The Morgan fingerprint density at radius 2 is 1.26 bits per heavy atom. The molecule has 6 rings (SSSR count). The molecule has 0 radical (unpaired) electrons. The van der Waals surface area contributed by atoms with Crippen LogP contribution in [0.2, 0.25) is 0 Å². The first kappa shape index (κ1) is 27.2. The Kier molecular flexibility index (Phi) is 9.02. The molecule has 2 aromatic heterocycles. The first-order valence-electron chi connectivity index (χ1n) is 13.8. The van der Waals surface area contributed by atoms with Gasteiger partial charge in [-0.1, -0.05) is 27.7 Å². The zero-order valence-electron chi connectivity index (χ0n) is 23.5. The average molecular weight is 513 g/mol. The zero-order chi connectivity index (χ0) is 27.1. The van der Waals surface area contributed by atoms with Gasteiger partial charge in [-0.25, -0.2) is 9.97 Å². The van der Waals surface area contributed by atoms with Crippen LogP contribution in [-0.2, 0) is 0 Å². The number of nitrogens with zero attached hydrogens (tertiary/aromatic N) is 4. The Morgan fingerprint density at radius 3 is 1.89 bits per heavy atom. The number of hydrogen-bond acceptors (Lipinski definition) is 5. The third-order valence-corrected chi connectivity index (χ3v) is 6.53. The molecule has 0 saturated carbocycles. The van der Waals surface area contributed by atoms with Crippen molar-refractivity contribution in [3.05, 3.63) is 60.7 Å². The number of aromatic nitrogens is 4. The van der Waals surface area contributed by atoms with E-state index in [2.05, 4.69) is 57.1 Å². The summed E-state index contributed by atoms with van der Waals surface area (Å²) in [7, 11) is 2.18. The lowest BCUT2D eigenvalue weighted by atomic mass is 10.2. The van der Waals surface area contributed by atoms with Gasteiger partial charge in [0, 0.05) is 43.0 Å². The summed E-state index contributed by atoms with van der Waals surface area (Å²) in [6, 6.07) is 20.7. The monoisotopic (exact) mass is 512 g/mol. The van der Waals surface area contributed by atoms with Crippen molar-refractivity contribution in [2.45, 2.75) is 34.6 Å². The molecule has 0 aliphatic carbocycles. The number of piperazine rings is 1. The number of H-pyrrole nitrogens is 2. The maximum Gasteiger partial charge on any atom is 0.138 e. The van der Waals surface area contributed by atoms with Crippen LogP contribution in [0, 0.1) is 0 Å². The van der Waals surface area contributed by atoms with Gasteiger partial charge in [-0.3, -0.25) is 0 Å². The molecule has 0 unspecified atom stereocenters. The molecule has 2 N–H and O–H groups in total. The third-order valence-electron chi connectivity index (χ3n) is 6.53. The number of nitrogens with one attached hydrogen (secondary N) is 2. The van der Waals surface area contributed by atoms with E-state index >= 15 is 0 Å². The van der Waals surface area contributed by atoms with Gasteiger partial charge < -0.3 is 24.5 Å². The quantitative estimate of drug-likeness (QED) is 0.266. The minimum absolute atomic E-state index is 0.658. The van der Waals surface area contributed by atoms with Crippen LogP contribution in [0.4, 0.5) is 5.69 Å². The summed E-state index contributed by atoms with van der Waals surface area (Å²) in [5.41, 5.74) is 7.27. The molecule has 3 aromatic carbocycles. The molecule has 38 heavy (non-hydrogen) atoms. The topological polar surface area (TPSA) is 73.1 Å². The lowest BCUT2D eigenvalue weighted by Crippen LogP contribution is -2.44. The number of benzene rings is 3. The molecule has 0 spiro atoms. The van der Waals surface area contributed by atoms with Gasteiger partial charge >= 0.3 is 0 Å². The van der Waals surface area contributed by atoms with Gasteiger partial charge in [-0.15, -0.1) is 0 Å². The minimum atomic E-state index is 0.658. The fourth-order valence-corrected chi connectivity index (χ4v) is 4.57. The van der Waals surface area contributed by atoms with E-state index in [1.807, 2.05) is 65.0 Å². The standard InChI is InChI=1S/C27H28N6O.2C2H6/c1-3-34-21-8-4-18(5-9-21)26-28-22-10-6-19(16-24(22)30-26)27-29-23-11-7-20(17-25(23)31-27)33-14-12-32(2)13-15-33;2*1-2/h4-11,16-17H,3,12-15H2,1-2H3,(H,28,30)(H,29,31);2*1-2H3. The fourth-order valence-electron chi connectivity index (χ4n) is 4.57. The summed E-state index contributed by atoms with van der Waals surface area (Å²) in [5.74, 6) is 2.58. The van der Waals surface area contributed by atoms with Crippen LogP contribution in [0.3, 0.4) is 0 Å². The molecule has 7 nitrogen and oxygen atoms in total. The zero-order valence-corrected chi connectivity index (χ0v) is 23.5. The van der Waals surface area contributed by atoms with Crippen molar-refractivity contribution in [3.8, 4) is 28.5 Å². The minimum Gasteiger partial charge on any atom is -0.494 e. The van der Waals surface area contributed by atoms with Crippen LogP contribution >= 0.6 is 0 Å². The van der Waals surface area contributed by atoms with E-state index in [-0.39, 0.29) is 0 Å². The highest BCUT2D eigenvalue weighted by Gasteiger charge is 2.16. The molecule has 0 atom stereocenters. The van der Waals surface area contributed by atoms with Crippen molar-refractivity contribution >= 4 is 27.8 Å². The van der Waals surface area contributed by atoms with Crippen LogP contribution in [0.1, 0.15) is 34.6 Å². The van der Waals surface area contributed by atoms with Gasteiger partial charge in [0.25, 0.3) is 0 Å².